The number of carbonyl (C=O) groups excluding carboxylic acids is 1. The number of halogens is 3. The van der Waals surface area contributed by atoms with Crippen molar-refractivity contribution in [3.05, 3.63) is 35.6 Å². The van der Waals surface area contributed by atoms with Gasteiger partial charge in [-0.25, -0.2) is 26.4 Å². The zero-order valence-electron chi connectivity index (χ0n) is 12.6. The second kappa shape index (κ2) is 5.94. The number of alkyl halides is 2. The van der Waals surface area contributed by atoms with E-state index in [9.17, 15) is 26.4 Å². The number of amides is 2. The number of urea groups is 1. The maximum absolute atomic E-state index is 13.1. The Kier molecular flexibility index (Phi) is 4.23. The molecule has 1 atom stereocenters. The van der Waals surface area contributed by atoms with E-state index in [4.69, 9.17) is 0 Å². The van der Waals surface area contributed by atoms with Gasteiger partial charge in [-0.3, -0.25) is 0 Å². The van der Waals surface area contributed by atoms with Crippen molar-refractivity contribution in [3.63, 3.8) is 0 Å². The Morgan fingerprint density at radius 2 is 1.75 bits per heavy atom. The van der Waals surface area contributed by atoms with E-state index in [2.05, 4.69) is 10.6 Å². The van der Waals surface area contributed by atoms with E-state index in [0.29, 0.717) is 12.8 Å². The molecule has 0 radical (unpaired) electrons. The molecule has 2 amide bonds. The zero-order valence-corrected chi connectivity index (χ0v) is 13.5. The van der Waals surface area contributed by atoms with Gasteiger partial charge >= 0.3 is 6.03 Å². The van der Waals surface area contributed by atoms with Crippen LogP contribution < -0.4 is 10.6 Å². The van der Waals surface area contributed by atoms with Crippen LogP contribution in [-0.2, 0) is 9.84 Å². The Labute approximate surface area is 137 Å². The second-order valence-electron chi connectivity index (χ2n) is 6.62. The van der Waals surface area contributed by atoms with Crippen molar-refractivity contribution < 1.29 is 26.4 Å². The number of hydrogen-bond donors (Lipinski definition) is 2. The third-order valence-corrected chi connectivity index (χ3v) is 6.62. The Bertz CT molecular complexity index is 717. The summed E-state index contributed by atoms with van der Waals surface area (Å²) >= 11 is 0. The molecule has 3 rings (SSSR count). The summed E-state index contributed by atoms with van der Waals surface area (Å²) in [6.45, 7) is 0. The smallest absolute Gasteiger partial charge is 0.315 e. The highest BCUT2D eigenvalue weighted by molar-refractivity contribution is 7.92. The molecule has 0 unspecified atom stereocenters. The van der Waals surface area contributed by atoms with E-state index >= 15 is 0 Å². The molecule has 1 spiro atoms. The fourth-order valence-corrected chi connectivity index (χ4v) is 5.80. The van der Waals surface area contributed by atoms with Gasteiger partial charge in [0.25, 0.3) is 6.43 Å². The molecule has 1 saturated carbocycles. The minimum absolute atomic E-state index is 0.108. The largest absolute Gasteiger partial charge is 0.335 e. The first-order chi connectivity index (χ1) is 11.2. The van der Waals surface area contributed by atoms with Gasteiger partial charge in [-0.15, -0.1) is 0 Å². The normalized spacial score (nSPS) is 22.5. The van der Waals surface area contributed by atoms with Crippen LogP contribution in [0, 0.1) is 11.2 Å². The van der Waals surface area contributed by atoms with Gasteiger partial charge in [0.15, 0.2) is 9.84 Å². The zero-order chi connectivity index (χ0) is 17.5. The van der Waals surface area contributed by atoms with Crippen LogP contribution in [0.2, 0.25) is 0 Å². The van der Waals surface area contributed by atoms with Gasteiger partial charge in [0.2, 0.25) is 0 Å². The molecule has 1 aromatic rings. The van der Waals surface area contributed by atoms with Gasteiger partial charge in [0.1, 0.15) is 11.9 Å². The van der Waals surface area contributed by atoms with Crippen LogP contribution in [0.4, 0.5) is 18.0 Å². The monoisotopic (exact) mass is 362 g/mol. The summed E-state index contributed by atoms with van der Waals surface area (Å²) in [6.07, 6.45) is -1.77. The van der Waals surface area contributed by atoms with Gasteiger partial charge in [0.05, 0.1) is 11.5 Å². The highest BCUT2D eigenvalue weighted by Crippen LogP contribution is 2.49. The lowest BCUT2D eigenvalue weighted by atomic mass is 9.67. The van der Waals surface area contributed by atoms with E-state index in [1.807, 2.05) is 0 Å². The van der Waals surface area contributed by atoms with Crippen molar-refractivity contribution in [2.45, 2.75) is 31.4 Å². The van der Waals surface area contributed by atoms with Crippen LogP contribution >= 0.6 is 0 Å². The molecule has 5 nitrogen and oxygen atoms in total. The number of carbonyl (C=O) groups is 1. The average molecular weight is 362 g/mol. The van der Waals surface area contributed by atoms with Crippen molar-refractivity contribution >= 4 is 15.9 Å². The minimum Gasteiger partial charge on any atom is -0.335 e. The van der Waals surface area contributed by atoms with Gasteiger partial charge in [-0.2, -0.15) is 0 Å². The van der Waals surface area contributed by atoms with Gasteiger partial charge in [0, 0.05) is 11.5 Å². The predicted octanol–water partition coefficient (Wildman–Crippen LogP) is 2.01. The summed E-state index contributed by atoms with van der Waals surface area (Å²) in [5, 5.41) is 4.77. The molecule has 1 heterocycles. The lowest BCUT2D eigenvalue weighted by Gasteiger charge is -2.53. The van der Waals surface area contributed by atoms with Crippen molar-refractivity contribution in [3.8, 4) is 0 Å². The molecular formula is C15H17F3N2O3S. The number of nitrogens with one attached hydrogen (secondary N) is 2. The van der Waals surface area contributed by atoms with E-state index in [-0.39, 0.29) is 28.5 Å². The van der Waals surface area contributed by atoms with E-state index in [1.54, 1.807) is 0 Å². The SMILES string of the molecule is O=C(NC1CC2(C1)CS(=O)(=O)C2)N[C@H](c1ccc(F)cc1)C(F)F. The maximum atomic E-state index is 13.1. The van der Waals surface area contributed by atoms with Crippen LogP contribution in [0.3, 0.4) is 0 Å². The quantitative estimate of drug-likeness (QED) is 0.860. The molecule has 1 aliphatic heterocycles. The van der Waals surface area contributed by atoms with E-state index < -0.39 is 34.2 Å². The fourth-order valence-electron chi connectivity index (χ4n) is 3.54. The van der Waals surface area contributed by atoms with Gasteiger partial charge < -0.3 is 10.6 Å². The third-order valence-electron chi connectivity index (χ3n) is 4.51. The first-order valence-electron chi connectivity index (χ1n) is 7.49. The molecule has 1 aromatic carbocycles. The molecule has 2 aliphatic rings. The maximum Gasteiger partial charge on any atom is 0.315 e. The molecular weight excluding hydrogens is 345 g/mol. The van der Waals surface area contributed by atoms with E-state index in [1.165, 1.54) is 12.1 Å². The van der Waals surface area contributed by atoms with Crippen molar-refractivity contribution in [1.29, 1.82) is 0 Å². The molecule has 0 bridgehead atoms. The topological polar surface area (TPSA) is 75.3 Å². The predicted molar refractivity (Wildman–Crippen MR) is 80.9 cm³/mol. The Hall–Kier alpha value is -1.77. The molecule has 2 N–H and O–H groups in total. The van der Waals surface area contributed by atoms with Crippen LogP contribution in [-0.4, -0.2) is 38.4 Å². The van der Waals surface area contributed by atoms with Gasteiger partial charge in [-0.05, 0) is 30.5 Å². The molecule has 1 aliphatic carbocycles. The number of benzene rings is 1. The van der Waals surface area contributed by atoms with E-state index in [0.717, 1.165) is 12.1 Å². The molecule has 132 valence electrons. The molecule has 2 fully saturated rings. The number of hydrogen-bond acceptors (Lipinski definition) is 3. The van der Waals surface area contributed by atoms with Crippen molar-refractivity contribution in [1.82, 2.24) is 10.6 Å². The number of rotatable bonds is 4. The Morgan fingerprint density at radius 1 is 1.17 bits per heavy atom. The standard InChI is InChI=1S/C15H17F3N2O3S/c16-10-3-1-9(2-4-10)12(13(17)18)20-14(21)19-11-5-15(6-11)7-24(22,23)8-15/h1-4,11-13H,5-8H2,(H2,19,20,21)/t12-/m1/s1. The molecule has 24 heavy (non-hydrogen) atoms. The summed E-state index contributed by atoms with van der Waals surface area (Å²) in [6, 6.07) is 2.00. The molecule has 9 heteroatoms. The number of sulfone groups is 1. The second-order valence-corrected chi connectivity index (χ2v) is 8.68. The highest BCUT2D eigenvalue weighted by Gasteiger charge is 2.56. The molecule has 1 saturated heterocycles. The van der Waals surface area contributed by atoms with Crippen molar-refractivity contribution in [2.75, 3.05) is 11.5 Å². The summed E-state index contributed by atoms with van der Waals surface area (Å²) in [5.74, 6) is -0.282. The first kappa shape index (κ1) is 17.1. The van der Waals surface area contributed by atoms with Crippen molar-refractivity contribution in [2.24, 2.45) is 5.41 Å². The first-order valence-corrected chi connectivity index (χ1v) is 9.31. The lowest BCUT2D eigenvalue weighted by Crippen LogP contribution is -2.63. The summed E-state index contributed by atoms with van der Waals surface area (Å²) < 4.78 is 61.6. The van der Waals surface area contributed by atoms with Crippen LogP contribution in [0.1, 0.15) is 24.4 Å². The summed E-state index contributed by atoms with van der Waals surface area (Å²) in [5.41, 5.74) is -0.132. The molecule has 0 aromatic heterocycles. The van der Waals surface area contributed by atoms with Crippen LogP contribution in [0.25, 0.3) is 0 Å². The van der Waals surface area contributed by atoms with Crippen LogP contribution in [0.15, 0.2) is 24.3 Å². The van der Waals surface area contributed by atoms with Crippen LogP contribution in [0.5, 0.6) is 0 Å². The minimum atomic E-state index is -2.93. The highest BCUT2D eigenvalue weighted by atomic mass is 32.2. The average Bonchev–Trinajstić information content (AvgIpc) is 2.41. The lowest BCUT2D eigenvalue weighted by molar-refractivity contribution is 0.0944. The van der Waals surface area contributed by atoms with Gasteiger partial charge in [-0.1, -0.05) is 12.1 Å². The third kappa shape index (κ3) is 3.50. The Balaban J connectivity index is 1.53. The fraction of sp³-hybridized carbons (Fsp3) is 0.533. The Morgan fingerprint density at radius 3 is 2.25 bits per heavy atom. The summed E-state index contributed by atoms with van der Waals surface area (Å²) in [4.78, 5) is 11.9. The summed E-state index contributed by atoms with van der Waals surface area (Å²) in [7, 11) is -2.93.